The molecular formula is C18H18ClF2N3. The molecule has 0 fully saturated rings. The normalized spacial score (nSPS) is 11.6. The zero-order valence-electron chi connectivity index (χ0n) is 13.6. The Bertz CT molecular complexity index is 857. The van der Waals surface area contributed by atoms with Gasteiger partial charge in [-0.1, -0.05) is 37.1 Å². The highest BCUT2D eigenvalue weighted by Crippen LogP contribution is 2.33. The predicted octanol–water partition coefficient (Wildman–Crippen LogP) is 5.80. The number of aryl methyl sites for hydroxylation is 2. The zero-order valence-corrected chi connectivity index (χ0v) is 14.3. The van der Waals surface area contributed by atoms with Gasteiger partial charge < -0.3 is 0 Å². The van der Waals surface area contributed by atoms with Crippen LogP contribution in [-0.4, -0.2) is 14.8 Å². The van der Waals surface area contributed by atoms with Crippen LogP contribution in [0.4, 0.5) is 8.78 Å². The van der Waals surface area contributed by atoms with Gasteiger partial charge in [0.2, 0.25) is 0 Å². The summed E-state index contributed by atoms with van der Waals surface area (Å²) in [5.41, 5.74) is 2.34. The fourth-order valence-electron chi connectivity index (χ4n) is 2.79. The number of pyridine rings is 1. The van der Waals surface area contributed by atoms with E-state index >= 15 is 0 Å². The van der Waals surface area contributed by atoms with E-state index in [0.29, 0.717) is 34.0 Å². The summed E-state index contributed by atoms with van der Waals surface area (Å²) in [5.74, 6) is 0. The van der Waals surface area contributed by atoms with Crippen molar-refractivity contribution < 1.29 is 8.78 Å². The standard InChI is InChI=1S/C18H18ClF2N3/c1-3-4-9-24-18-16(11(2)23-24)14(17(20)21)10-15(22-18)12-5-7-13(19)8-6-12/h5-8,10,17H,3-4,9H2,1-2H3. The van der Waals surface area contributed by atoms with Crippen LogP contribution in [-0.2, 0) is 6.54 Å². The molecule has 1 aromatic carbocycles. The molecule has 0 N–H and O–H groups in total. The smallest absolute Gasteiger partial charge is 0.247 e. The lowest BCUT2D eigenvalue weighted by molar-refractivity contribution is 0.153. The third-order valence-corrected chi connectivity index (χ3v) is 4.26. The number of fused-ring (bicyclic) bond motifs is 1. The zero-order chi connectivity index (χ0) is 17.3. The van der Waals surface area contributed by atoms with Crippen molar-refractivity contribution in [3.05, 3.63) is 46.6 Å². The fourth-order valence-corrected chi connectivity index (χ4v) is 2.92. The highest BCUT2D eigenvalue weighted by Gasteiger charge is 2.20. The summed E-state index contributed by atoms with van der Waals surface area (Å²) in [5, 5.41) is 5.47. The van der Waals surface area contributed by atoms with Gasteiger partial charge in [0.25, 0.3) is 6.43 Å². The second-order valence-electron chi connectivity index (χ2n) is 5.77. The number of benzene rings is 1. The summed E-state index contributed by atoms with van der Waals surface area (Å²) in [7, 11) is 0. The quantitative estimate of drug-likeness (QED) is 0.583. The molecular weight excluding hydrogens is 332 g/mol. The number of alkyl halides is 2. The van der Waals surface area contributed by atoms with E-state index in [1.165, 1.54) is 6.07 Å². The minimum atomic E-state index is -2.58. The van der Waals surface area contributed by atoms with Crippen LogP contribution in [0.25, 0.3) is 22.3 Å². The predicted molar refractivity (Wildman–Crippen MR) is 92.6 cm³/mol. The van der Waals surface area contributed by atoms with Crippen LogP contribution in [0.15, 0.2) is 30.3 Å². The van der Waals surface area contributed by atoms with Gasteiger partial charge in [-0.3, -0.25) is 0 Å². The molecule has 0 radical (unpaired) electrons. The van der Waals surface area contributed by atoms with E-state index in [-0.39, 0.29) is 5.56 Å². The summed E-state index contributed by atoms with van der Waals surface area (Å²) in [6.45, 7) is 4.50. The molecule has 0 bridgehead atoms. The maximum atomic E-state index is 13.6. The number of hydrogen-bond donors (Lipinski definition) is 0. The van der Waals surface area contributed by atoms with Crippen LogP contribution < -0.4 is 0 Å². The first-order chi connectivity index (χ1) is 11.5. The molecule has 2 heterocycles. The van der Waals surface area contributed by atoms with Crippen molar-refractivity contribution in [2.75, 3.05) is 0 Å². The average molecular weight is 350 g/mol. The number of hydrogen-bond acceptors (Lipinski definition) is 2. The molecule has 0 aliphatic heterocycles. The Morgan fingerprint density at radius 2 is 1.92 bits per heavy atom. The molecule has 2 aromatic heterocycles. The van der Waals surface area contributed by atoms with Crippen molar-refractivity contribution in [1.82, 2.24) is 14.8 Å². The lowest BCUT2D eigenvalue weighted by Crippen LogP contribution is -2.02. The lowest BCUT2D eigenvalue weighted by atomic mass is 10.1. The van der Waals surface area contributed by atoms with Gasteiger partial charge in [0, 0.05) is 22.7 Å². The van der Waals surface area contributed by atoms with E-state index < -0.39 is 6.43 Å². The Morgan fingerprint density at radius 1 is 1.21 bits per heavy atom. The first kappa shape index (κ1) is 16.8. The first-order valence-corrected chi connectivity index (χ1v) is 8.31. The Morgan fingerprint density at radius 3 is 2.54 bits per heavy atom. The molecule has 24 heavy (non-hydrogen) atoms. The fraction of sp³-hybridized carbons (Fsp3) is 0.333. The van der Waals surface area contributed by atoms with Crippen molar-refractivity contribution in [3.63, 3.8) is 0 Å². The van der Waals surface area contributed by atoms with Gasteiger partial charge in [-0.25, -0.2) is 18.4 Å². The third-order valence-electron chi connectivity index (χ3n) is 4.01. The number of rotatable bonds is 5. The first-order valence-electron chi connectivity index (χ1n) is 7.93. The van der Waals surface area contributed by atoms with Crippen molar-refractivity contribution in [1.29, 1.82) is 0 Å². The minimum Gasteiger partial charge on any atom is -0.247 e. The van der Waals surface area contributed by atoms with Gasteiger partial charge in [0.05, 0.1) is 16.8 Å². The van der Waals surface area contributed by atoms with Gasteiger partial charge in [-0.2, -0.15) is 5.10 Å². The Labute approximate surface area is 144 Å². The van der Waals surface area contributed by atoms with Crippen LogP contribution >= 0.6 is 11.6 Å². The van der Waals surface area contributed by atoms with Crippen molar-refractivity contribution >= 4 is 22.6 Å². The topological polar surface area (TPSA) is 30.7 Å². The molecule has 6 heteroatoms. The Kier molecular flexibility index (Phi) is 4.81. The summed E-state index contributed by atoms with van der Waals surface area (Å²) in [4.78, 5) is 4.62. The molecule has 3 nitrogen and oxygen atoms in total. The molecule has 3 aromatic rings. The average Bonchev–Trinajstić information content (AvgIpc) is 2.89. The Hall–Kier alpha value is -2.01. The second-order valence-corrected chi connectivity index (χ2v) is 6.20. The van der Waals surface area contributed by atoms with E-state index in [9.17, 15) is 8.78 Å². The van der Waals surface area contributed by atoms with Crippen LogP contribution in [0.1, 0.15) is 37.4 Å². The number of aromatic nitrogens is 3. The van der Waals surface area contributed by atoms with Crippen LogP contribution in [0.3, 0.4) is 0 Å². The minimum absolute atomic E-state index is 0.0230. The van der Waals surface area contributed by atoms with E-state index in [0.717, 1.165) is 18.4 Å². The van der Waals surface area contributed by atoms with Gasteiger partial charge in [0.15, 0.2) is 5.65 Å². The largest absolute Gasteiger partial charge is 0.264 e. The van der Waals surface area contributed by atoms with Gasteiger partial charge in [-0.05, 0) is 31.5 Å². The summed E-state index contributed by atoms with van der Waals surface area (Å²) >= 11 is 5.91. The van der Waals surface area contributed by atoms with E-state index in [2.05, 4.69) is 17.0 Å². The Balaban J connectivity index is 2.22. The molecule has 126 valence electrons. The highest BCUT2D eigenvalue weighted by molar-refractivity contribution is 6.30. The highest BCUT2D eigenvalue weighted by atomic mass is 35.5. The van der Waals surface area contributed by atoms with Crippen molar-refractivity contribution in [3.8, 4) is 11.3 Å². The van der Waals surface area contributed by atoms with Gasteiger partial charge in [-0.15, -0.1) is 0 Å². The molecule has 0 aliphatic carbocycles. The lowest BCUT2D eigenvalue weighted by Gasteiger charge is -2.09. The van der Waals surface area contributed by atoms with Gasteiger partial charge in [0.1, 0.15) is 0 Å². The summed E-state index contributed by atoms with van der Waals surface area (Å²) in [6.07, 6.45) is -0.657. The molecule has 0 unspecified atom stereocenters. The molecule has 0 saturated heterocycles. The third kappa shape index (κ3) is 3.13. The molecule has 3 rings (SSSR count). The van der Waals surface area contributed by atoms with Crippen molar-refractivity contribution in [2.24, 2.45) is 0 Å². The second kappa shape index (κ2) is 6.85. The number of unbranched alkanes of at least 4 members (excludes halogenated alkanes) is 1. The van der Waals surface area contributed by atoms with E-state index in [4.69, 9.17) is 11.6 Å². The van der Waals surface area contributed by atoms with E-state index in [1.54, 1.807) is 35.9 Å². The summed E-state index contributed by atoms with van der Waals surface area (Å²) < 4.78 is 29.0. The molecule has 0 spiro atoms. The van der Waals surface area contributed by atoms with Gasteiger partial charge >= 0.3 is 0 Å². The SMILES string of the molecule is CCCCn1nc(C)c2c(C(F)F)cc(-c3ccc(Cl)cc3)nc21. The summed E-state index contributed by atoms with van der Waals surface area (Å²) in [6, 6.07) is 8.47. The molecule has 0 amide bonds. The van der Waals surface area contributed by atoms with Crippen molar-refractivity contribution in [2.45, 2.75) is 39.7 Å². The van der Waals surface area contributed by atoms with E-state index in [1.807, 2.05) is 0 Å². The van der Waals surface area contributed by atoms with Crippen LogP contribution in [0.2, 0.25) is 5.02 Å². The molecule has 0 aliphatic rings. The van der Waals surface area contributed by atoms with Crippen LogP contribution in [0.5, 0.6) is 0 Å². The maximum absolute atomic E-state index is 13.6. The molecule has 0 saturated carbocycles. The number of halogens is 3. The monoisotopic (exact) mass is 349 g/mol. The number of nitrogens with zero attached hydrogens (tertiary/aromatic N) is 3. The molecule has 0 atom stereocenters. The van der Waals surface area contributed by atoms with Crippen LogP contribution in [0, 0.1) is 6.92 Å². The maximum Gasteiger partial charge on any atom is 0.264 e.